The Morgan fingerprint density at radius 3 is 2.32 bits per heavy atom. The summed E-state index contributed by atoms with van der Waals surface area (Å²) >= 11 is 0. The summed E-state index contributed by atoms with van der Waals surface area (Å²) in [6.45, 7) is 0.966. The number of methoxy groups -OCH3 is 2. The number of aromatic hydroxyl groups is 1. The lowest BCUT2D eigenvalue weighted by Gasteiger charge is -2.26. The van der Waals surface area contributed by atoms with E-state index in [2.05, 4.69) is 0 Å². The number of benzene rings is 2. The summed E-state index contributed by atoms with van der Waals surface area (Å²) < 4.78 is 9.81. The number of esters is 1. The molecule has 0 aromatic heterocycles. The van der Waals surface area contributed by atoms with Crippen LogP contribution in [0.25, 0.3) is 5.76 Å². The summed E-state index contributed by atoms with van der Waals surface area (Å²) in [6, 6.07) is 9.66. The summed E-state index contributed by atoms with van der Waals surface area (Å²) in [5.74, 6) is -2.52. The quantitative estimate of drug-likeness (QED) is 0.263. The Kier molecular flexibility index (Phi) is 7.57. The minimum absolute atomic E-state index is 0.00303. The molecule has 2 N–H and O–H groups in total. The van der Waals surface area contributed by atoms with Gasteiger partial charge in [-0.05, 0) is 56.9 Å². The van der Waals surface area contributed by atoms with Gasteiger partial charge in [0.25, 0.3) is 11.7 Å². The monoisotopic (exact) mass is 468 g/mol. The molecule has 0 spiro atoms. The highest BCUT2D eigenvalue weighted by Gasteiger charge is 2.46. The fourth-order valence-electron chi connectivity index (χ4n) is 3.92. The predicted octanol–water partition coefficient (Wildman–Crippen LogP) is 2.56. The van der Waals surface area contributed by atoms with Gasteiger partial charge in [0, 0.05) is 12.6 Å². The number of rotatable bonds is 8. The van der Waals surface area contributed by atoms with E-state index in [0.29, 0.717) is 29.8 Å². The Labute approximate surface area is 197 Å². The first-order valence-corrected chi connectivity index (χ1v) is 10.7. The van der Waals surface area contributed by atoms with E-state index in [4.69, 9.17) is 9.47 Å². The third-order valence-electron chi connectivity index (χ3n) is 5.65. The molecule has 1 aliphatic rings. The number of amides is 1. The van der Waals surface area contributed by atoms with Gasteiger partial charge in [-0.1, -0.05) is 12.1 Å². The number of aliphatic hydroxyl groups is 1. The van der Waals surface area contributed by atoms with Gasteiger partial charge in [-0.25, -0.2) is 4.79 Å². The maximum Gasteiger partial charge on any atom is 0.337 e. The first kappa shape index (κ1) is 24.8. The van der Waals surface area contributed by atoms with Crippen molar-refractivity contribution in [2.24, 2.45) is 0 Å². The second-order valence-corrected chi connectivity index (χ2v) is 8.15. The summed E-state index contributed by atoms with van der Waals surface area (Å²) in [5.41, 5.74) is 0.708. The highest BCUT2D eigenvalue weighted by atomic mass is 16.5. The Hall–Kier alpha value is -3.85. The van der Waals surface area contributed by atoms with E-state index in [9.17, 15) is 24.6 Å². The maximum absolute atomic E-state index is 13.1. The molecule has 34 heavy (non-hydrogen) atoms. The van der Waals surface area contributed by atoms with Crippen molar-refractivity contribution in [1.82, 2.24) is 9.80 Å². The van der Waals surface area contributed by atoms with Gasteiger partial charge in [-0.3, -0.25) is 9.59 Å². The van der Waals surface area contributed by atoms with Crippen molar-refractivity contribution < 1.29 is 34.1 Å². The summed E-state index contributed by atoms with van der Waals surface area (Å²) in [6.07, 6.45) is 0.602. The highest BCUT2D eigenvalue weighted by molar-refractivity contribution is 6.46. The molecule has 9 nitrogen and oxygen atoms in total. The molecule has 1 saturated heterocycles. The number of carbonyl (C=O) groups excluding carboxylic acids is 3. The molecule has 2 aromatic rings. The molecule has 3 rings (SSSR count). The van der Waals surface area contributed by atoms with Gasteiger partial charge in [0.1, 0.15) is 17.3 Å². The molecule has 1 amide bonds. The fraction of sp³-hybridized carbons (Fsp3) is 0.320. The van der Waals surface area contributed by atoms with Crippen molar-refractivity contribution in [2.75, 3.05) is 41.4 Å². The number of nitrogens with zero attached hydrogens (tertiary/aromatic N) is 2. The van der Waals surface area contributed by atoms with Crippen LogP contribution in [0.3, 0.4) is 0 Å². The summed E-state index contributed by atoms with van der Waals surface area (Å²) in [5, 5.41) is 21.5. The lowest BCUT2D eigenvalue weighted by atomic mass is 9.94. The van der Waals surface area contributed by atoms with Gasteiger partial charge in [-0.2, -0.15) is 0 Å². The number of Topliss-reactive ketones (excluding diaryl/α,β-unsaturated/α-hetero) is 1. The molecule has 1 fully saturated rings. The van der Waals surface area contributed by atoms with E-state index in [-0.39, 0.29) is 23.4 Å². The number of phenolic OH excluding ortho intramolecular Hbond substituents is 1. The number of hydrogen-bond donors (Lipinski definition) is 2. The Morgan fingerprint density at radius 1 is 1.09 bits per heavy atom. The minimum Gasteiger partial charge on any atom is -0.507 e. The first-order valence-electron chi connectivity index (χ1n) is 10.7. The molecule has 0 aliphatic carbocycles. The summed E-state index contributed by atoms with van der Waals surface area (Å²) in [4.78, 5) is 41.3. The van der Waals surface area contributed by atoms with E-state index in [1.165, 1.54) is 49.5 Å². The zero-order valence-corrected chi connectivity index (χ0v) is 19.6. The Morgan fingerprint density at radius 2 is 1.76 bits per heavy atom. The van der Waals surface area contributed by atoms with Gasteiger partial charge in [0.05, 0.1) is 37.0 Å². The van der Waals surface area contributed by atoms with Crippen molar-refractivity contribution in [2.45, 2.75) is 12.5 Å². The lowest BCUT2D eigenvalue weighted by molar-refractivity contribution is -0.139. The molecule has 0 unspecified atom stereocenters. The van der Waals surface area contributed by atoms with Crippen LogP contribution in [0.5, 0.6) is 11.5 Å². The molecule has 2 aromatic carbocycles. The van der Waals surface area contributed by atoms with Crippen LogP contribution in [0.4, 0.5) is 0 Å². The van der Waals surface area contributed by atoms with E-state index >= 15 is 0 Å². The van der Waals surface area contributed by atoms with Crippen LogP contribution in [0.1, 0.15) is 33.9 Å². The number of carbonyl (C=O) groups is 3. The molecular formula is C25H28N2O7. The van der Waals surface area contributed by atoms with E-state index < -0.39 is 29.5 Å². The fourth-order valence-corrected chi connectivity index (χ4v) is 3.92. The normalized spacial score (nSPS) is 17.3. The van der Waals surface area contributed by atoms with Crippen LogP contribution in [-0.2, 0) is 14.3 Å². The number of phenols is 1. The van der Waals surface area contributed by atoms with Crippen LogP contribution in [0.2, 0.25) is 0 Å². The molecule has 9 heteroatoms. The van der Waals surface area contributed by atoms with Crippen molar-refractivity contribution in [3.63, 3.8) is 0 Å². The number of ether oxygens (including phenoxy) is 2. The number of likely N-dealkylation sites (tertiary alicyclic amines) is 1. The molecule has 0 radical (unpaired) electrons. The zero-order valence-electron chi connectivity index (χ0n) is 19.6. The van der Waals surface area contributed by atoms with E-state index in [1.807, 2.05) is 19.0 Å². The van der Waals surface area contributed by atoms with Gasteiger partial charge < -0.3 is 29.5 Å². The van der Waals surface area contributed by atoms with Crippen LogP contribution >= 0.6 is 0 Å². The van der Waals surface area contributed by atoms with Crippen molar-refractivity contribution in [3.8, 4) is 11.5 Å². The highest BCUT2D eigenvalue weighted by Crippen LogP contribution is 2.41. The van der Waals surface area contributed by atoms with Gasteiger partial charge in [0.15, 0.2) is 0 Å². The van der Waals surface area contributed by atoms with Crippen LogP contribution < -0.4 is 4.74 Å². The van der Waals surface area contributed by atoms with Crippen molar-refractivity contribution in [1.29, 1.82) is 0 Å². The first-order chi connectivity index (χ1) is 16.2. The largest absolute Gasteiger partial charge is 0.507 e. The molecular weight excluding hydrogens is 440 g/mol. The lowest BCUT2D eigenvalue weighted by Crippen LogP contribution is -2.32. The minimum atomic E-state index is -0.893. The van der Waals surface area contributed by atoms with Gasteiger partial charge >= 0.3 is 5.97 Å². The third-order valence-corrected chi connectivity index (χ3v) is 5.65. The average Bonchev–Trinajstić information content (AvgIpc) is 3.08. The number of ketones is 1. The number of hydrogen-bond acceptors (Lipinski definition) is 8. The SMILES string of the molecule is COC(=O)c1ccc([C@H]2C(=C(O)c3ccc(OC)cc3O)C(=O)C(=O)N2CCCN(C)C)cc1. The topological polar surface area (TPSA) is 117 Å². The van der Waals surface area contributed by atoms with Crippen LogP contribution in [0, 0.1) is 0 Å². The van der Waals surface area contributed by atoms with Crippen LogP contribution in [0.15, 0.2) is 48.0 Å². The molecule has 180 valence electrons. The molecule has 1 aliphatic heterocycles. The third kappa shape index (κ3) is 4.89. The molecule has 0 saturated carbocycles. The summed E-state index contributed by atoms with van der Waals surface area (Å²) in [7, 11) is 6.52. The second kappa shape index (κ2) is 10.4. The predicted molar refractivity (Wildman–Crippen MR) is 125 cm³/mol. The second-order valence-electron chi connectivity index (χ2n) is 8.15. The molecule has 0 bridgehead atoms. The zero-order chi connectivity index (χ0) is 25.0. The molecule has 1 heterocycles. The van der Waals surface area contributed by atoms with Crippen molar-refractivity contribution in [3.05, 3.63) is 64.7 Å². The number of aliphatic hydroxyl groups excluding tert-OH is 1. The molecule has 1 atom stereocenters. The van der Waals surface area contributed by atoms with E-state index in [0.717, 1.165) is 0 Å². The maximum atomic E-state index is 13.1. The van der Waals surface area contributed by atoms with Gasteiger partial charge in [0.2, 0.25) is 0 Å². The Bertz CT molecular complexity index is 1120. The Balaban J connectivity index is 2.12. The van der Waals surface area contributed by atoms with E-state index in [1.54, 1.807) is 12.1 Å². The van der Waals surface area contributed by atoms with Crippen molar-refractivity contribution >= 4 is 23.4 Å². The van der Waals surface area contributed by atoms with Gasteiger partial charge in [-0.15, -0.1) is 0 Å². The smallest absolute Gasteiger partial charge is 0.337 e. The van der Waals surface area contributed by atoms with Crippen LogP contribution in [-0.4, -0.2) is 79.1 Å². The average molecular weight is 469 g/mol. The standard InChI is InChI=1S/C25H28N2O7/c1-26(2)12-5-13-27-21(15-6-8-16(9-7-15)25(32)34-4)20(23(30)24(27)31)22(29)18-11-10-17(33-3)14-19(18)28/h6-11,14,21,28-29H,5,12-13H2,1-4H3/t21-/m0/s1.